The Balaban J connectivity index is 1.37. The van der Waals surface area contributed by atoms with Crippen LogP contribution in [0.1, 0.15) is 27.9 Å². The van der Waals surface area contributed by atoms with Gasteiger partial charge in [-0.15, -0.1) is 11.3 Å². The standard InChI is InChI=1S/C25H30N4OS/c1-28-12-14-29(15-13-28)18-23(21-10-6-3-7-11-21)27-24(30)17-22-19-31-25(26-22)16-20-8-4-2-5-9-20/h2-11,19,23H,12-18H2,1H3,(H,27,30). The molecule has 5 nitrogen and oxygen atoms in total. The van der Waals surface area contributed by atoms with Crippen LogP contribution in [0, 0.1) is 0 Å². The van der Waals surface area contributed by atoms with E-state index in [0.717, 1.165) is 55.4 Å². The van der Waals surface area contributed by atoms with Crippen molar-refractivity contribution in [1.29, 1.82) is 0 Å². The van der Waals surface area contributed by atoms with Crippen molar-refractivity contribution >= 4 is 17.2 Å². The fraction of sp³-hybridized carbons (Fsp3) is 0.360. The van der Waals surface area contributed by atoms with Gasteiger partial charge in [-0.3, -0.25) is 9.69 Å². The van der Waals surface area contributed by atoms with E-state index >= 15 is 0 Å². The molecule has 0 saturated carbocycles. The highest BCUT2D eigenvalue weighted by molar-refractivity contribution is 7.09. The summed E-state index contributed by atoms with van der Waals surface area (Å²) in [4.78, 5) is 22.4. The average Bonchev–Trinajstić information content (AvgIpc) is 3.22. The number of carbonyl (C=O) groups excluding carboxylic acids is 1. The second-order valence-electron chi connectivity index (χ2n) is 8.21. The summed E-state index contributed by atoms with van der Waals surface area (Å²) in [6.45, 7) is 5.03. The molecule has 1 aliphatic heterocycles. The Hall–Kier alpha value is -2.54. The summed E-state index contributed by atoms with van der Waals surface area (Å²) in [7, 11) is 2.16. The zero-order chi connectivity index (χ0) is 21.5. The van der Waals surface area contributed by atoms with Crippen molar-refractivity contribution in [3.8, 4) is 0 Å². The van der Waals surface area contributed by atoms with Crippen LogP contribution in [0.5, 0.6) is 0 Å². The quantitative estimate of drug-likeness (QED) is 0.591. The number of thiazole rings is 1. The molecule has 6 heteroatoms. The van der Waals surface area contributed by atoms with E-state index in [9.17, 15) is 4.79 Å². The zero-order valence-electron chi connectivity index (χ0n) is 18.0. The zero-order valence-corrected chi connectivity index (χ0v) is 18.9. The predicted molar refractivity (Wildman–Crippen MR) is 126 cm³/mol. The molecule has 0 radical (unpaired) electrons. The Labute approximate surface area is 188 Å². The van der Waals surface area contributed by atoms with E-state index in [1.165, 1.54) is 5.56 Å². The molecule has 0 spiro atoms. The number of amides is 1. The van der Waals surface area contributed by atoms with Gasteiger partial charge in [0.1, 0.15) is 0 Å². The van der Waals surface area contributed by atoms with E-state index in [2.05, 4.69) is 46.4 Å². The lowest BCUT2D eigenvalue weighted by atomic mass is 10.1. The number of rotatable bonds is 8. The molecule has 1 aliphatic rings. The van der Waals surface area contributed by atoms with E-state index in [1.807, 2.05) is 41.8 Å². The summed E-state index contributed by atoms with van der Waals surface area (Å²) in [5.41, 5.74) is 3.24. The minimum Gasteiger partial charge on any atom is -0.348 e. The van der Waals surface area contributed by atoms with Crippen molar-refractivity contribution in [2.45, 2.75) is 18.9 Å². The van der Waals surface area contributed by atoms with Gasteiger partial charge in [0.2, 0.25) is 5.91 Å². The van der Waals surface area contributed by atoms with Crippen LogP contribution < -0.4 is 5.32 Å². The highest BCUT2D eigenvalue weighted by atomic mass is 32.1. The molecule has 1 saturated heterocycles. The maximum atomic E-state index is 12.9. The molecule has 1 aromatic heterocycles. The van der Waals surface area contributed by atoms with Gasteiger partial charge in [-0.05, 0) is 18.2 Å². The van der Waals surface area contributed by atoms with E-state index in [4.69, 9.17) is 4.98 Å². The van der Waals surface area contributed by atoms with Crippen LogP contribution in [0.4, 0.5) is 0 Å². The lowest BCUT2D eigenvalue weighted by molar-refractivity contribution is -0.121. The number of likely N-dealkylation sites (N-methyl/N-ethyl adjacent to an activating group) is 1. The van der Waals surface area contributed by atoms with Gasteiger partial charge in [0.25, 0.3) is 0 Å². The Morgan fingerprint density at radius 2 is 1.71 bits per heavy atom. The van der Waals surface area contributed by atoms with Gasteiger partial charge < -0.3 is 10.2 Å². The molecule has 2 aromatic carbocycles. The van der Waals surface area contributed by atoms with Gasteiger partial charge >= 0.3 is 0 Å². The maximum Gasteiger partial charge on any atom is 0.226 e. The molecule has 2 heterocycles. The molecule has 1 unspecified atom stereocenters. The first-order valence-corrected chi connectivity index (χ1v) is 11.8. The largest absolute Gasteiger partial charge is 0.348 e. The average molecular weight is 435 g/mol. The van der Waals surface area contributed by atoms with Gasteiger partial charge in [-0.25, -0.2) is 4.98 Å². The van der Waals surface area contributed by atoms with Crippen LogP contribution in [-0.2, 0) is 17.6 Å². The summed E-state index contributed by atoms with van der Waals surface area (Å²) < 4.78 is 0. The van der Waals surface area contributed by atoms with Gasteiger partial charge in [0.05, 0.1) is 23.2 Å². The highest BCUT2D eigenvalue weighted by Gasteiger charge is 2.21. The van der Waals surface area contributed by atoms with E-state index in [0.29, 0.717) is 6.42 Å². The first-order valence-electron chi connectivity index (χ1n) is 10.9. The second kappa shape index (κ2) is 10.7. The van der Waals surface area contributed by atoms with Crippen LogP contribution in [-0.4, -0.2) is 60.5 Å². The Bertz CT molecular complexity index is 952. The predicted octanol–water partition coefficient (Wildman–Crippen LogP) is 3.38. The van der Waals surface area contributed by atoms with E-state index < -0.39 is 0 Å². The Kier molecular flexibility index (Phi) is 7.46. The first kappa shape index (κ1) is 21.7. The Morgan fingerprint density at radius 1 is 1.03 bits per heavy atom. The number of piperazine rings is 1. The lowest BCUT2D eigenvalue weighted by Crippen LogP contribution is -2.48. The maximum absolute atomic E-state index is 12.9. The van der Waals surface area contributed by atoms with Crippen molar-refractivity contribution in [2.75, 3.05) is 39.8 Å². The second-order valence-corrected chi connectivity index (χ2v) is 9.15. The van der Waals surface area contributed by atoms with Crippen LogP contribution in [0.2, 0.25) is 0 Å². The molecule has 1 fully saturated rings. The number of hydrogen-bond donors (Lipinski definition) is 1. The van der Waals surface area contributed by atoms with E-state index in [1.54, 1.807) is 11.3 Å². The molecule has 3 aromatic rings. The minimum absolute atomic E-state index is 0.0143. The smallest absolute Gasteiger partial charge is 0.226 e. The van der Waals surface area contributed by atoms with E-state index in [-0.39, 0.29) is 11.9 Å². The first-order chi connectivity index (χ1) is 15.2. The van der Waals surface area contributed by atoms with Crippen molar-refractivity contribution in [3.63, 3.8) is 0 Å². The molecule has 162 valence electrons. The van der Waals surface area contributed by atoms with Crippen molar-refractivity contribution < 1.29 is 4.79 Å². The number of nitrogens with one attached hydrogen (secondary N) is 1. The monoisotopic (exact) mass is 434 g/mol. The topological polar surface area (TPSA) is 48.5 Å². The summed E-state index contributed by atoms with van der Waals surface area (Å²) in [5, 5.41) is 6.33. The Morgan fingerprint density at radius 3 is 2.42 bits per heavy atom. The van der Waals surface area contributed by atoms with Crippen LogP contribution in [0.15, 0.2) is 66.0 Å². The summed E-state index contributed by atoms with van der Waals surface area (Å²) in [5.74, 6) is 0.0274. The van der Waals surface area contributed by atoms with Crippen LogP contribution in [0.3, 0.4) is 0 Å². The molecular formula is C25H30N4OS. The number of aromatic nitrogens is 1. The highest BCUT2D eigenvalue weighted by Crippen LogP contribution is 2.18. The van der Waals surface area contributed by atoms with Crippen molar-refractivity contribution in [1.82, 2.24) is 20.1 Å². The van der Waals surface area contributed by atoms with Gasteiger partial charge in [-0.2, -0.15) is 0 Å². The summed E-state index contributed by atoms with van der Waals surface area (Å²) in [6.07, 6.45) is 1.13. The third-order valence-electron chi connectivity index (χ3n) is 5.71. The van der Waals surface area contributed by atoms with Crippen molar-refractivity contribution in [2.24, 2.45) is 0 Å². The molecule has 1 amide bonds. The molecule has 1 N–H and O–H groups in total. The van der Waals surface area contributed by atoms with Crippen LogP contribution in [0.25, 0.3) is 0 Å². The van der Waals surface area contributed by atoms with Gasteiger partial charge in [-0.1, -0.05) is 60.7 Å². The summed E-state index contributed by atoms with van der Waals surface area (Å²) in [6, 6.07) is 20.6. The van der Waals surface area contributed by atoms with Crippen molar-refractivity contribution in [3.05, 3.63) is 87.9 Å². The number of hydrogen-bond acceptors (Lipinski definition) is 5. The molecular weight excluding hydrogens is 404 g/mol. The lowest BCUT2D eigenvalue weighted by Gasteiger charge is -2.35. The fourth-order valence-electron chi connectivity index (χ4n) is 3.90. The summed E-state index contributed by atoms with van der Waals surface area (Å²) >= 11 is 1.63. The van der Waals surface area contributed by atoms with Gasteiger partial charge in [0, 0.05) is 44.5 Å². The fourth-order valence-corrected chi connectivity index (χ4v) is 4.73. The normalized spacial score (nSPS) is 16.2. The molecule has 0 bridgehead atoms. The molecule has 31 heavy (non-hydrogen) atoms. The number of carbonyl (C=O) groups is 1. The third-order valence-corrected chi connectivity index (χ3v) is 6.61. The minimum atomic E-state index is -0.0143. The molecule has 4 rings (SSSR count). The number of benzene rings is 2. The SMILES string of the molecule is CN1CCN(CC(NC(=O)Cc2csc(Cc3ccccc3)n2)c2ccccc2)CC1. The number of nitrogens with zero attached hydrogens (tertiary/aromatic N) is 3. The van der Waals surface area contributed by atoms with Crippen LogP contribution >= 0.6 is 11.3 Å². The molecule has 0 aliphatic carbocycles. The molecule has 1 atom stereocenters. The third kappa shape index (κ3) is 6.47. The van der Waals surface area contributed by atoms with Gasteiger partial charge in [0.15, 0.2) is 0 Å².